The van der Waals surface area contributed by atoms with Gasteiger partial charge in [-0.3, -0.25) is 20.2 Å². The van der Waals surface area contributed by atoms with Crippen LogP contribution >= 0.6 is 39.7 Å². The van der Waals surface area contributed by atoms with Gasteiger partial charge in [-0.25, -0.2) is 28.2 Å². The first-order valence-electron chi connectivity index (χ1n) is 11.6. The van der Waals surface area contributed by atoms with Crippen molar-refractivity contribution in [1.82, 2.24) is 19.6 Å². The summed E-state index contributed by atoms with van der Waals surface area (Å²) >= 11 is 10.2. The first-order chi connectivity index (χ1) is 20.1. The van der Waals surface area contributed by atoms with Crippen LogP contribution in [0.2, 0.25) is 5.02 Å². The zero-order chi connectivity index (χ0) is 30.2. The summed E-state index contributed by atoms with van der Waals surface area (Å²) in [7, 11) is 1.34. The molecular formula is C26H18BrClN6O7S. The minimum Gasteiger partial charge on any atom is -0.423 e. The fourth-order valence-electron chi connectivity index (χ4n) is 3.20. The normalized spacial score (nSPS) is 10.4. The van der Waals surface area contributed by atoms with Crippen molar-refractivity contribution in [2.24, 2.45) is 0 Å². The van der Waals surface area contributed by atoms with Crippen molar-refractivity contribution in [2.45, 2.75) is 0 Å². The number of carbonyl (C=O) groups is 3. The number of hydrogen-bond acceptors (Lipinski definition) is 10. The summed E-state index contributed by atoms with van der Waals surface area (Å²) in [6, 6.07) is 16.5. The van der Waals surface area contributed by atoms with Crippen molar-refractivity contribution >= 4 is 69.1 Å². The molecule has 0 aliphatic heterocycles. The minimum atomic E-state index is -1.04. The van der Waals surface area contributed by atoms with E-state index in [0.29, 0.717) is 16.6 Å². The number of para-hydroxylation sites is 2. The third-order valence-electron chi connectivity index (χ3n) is 5.11. The number of ether oxygens (including phenoxy) is 2. The minimum absolute atomic E-state index is 0.00951. The van der Waals surface area contributed by atoms with Gasteiger partial charge in [-0.2, -0.15) is 0 Å². The summed E-state index contributed by atoms with van der Waals surface area (Å²) in [5.41, 5.74) is -0.722. The van der Waals surface area contributed by atoms with Gasteiger partial charge in [-0.1, -0.05) is 41.9 Å². The van der Waals surface area contributed by atoms with Crippen LogP contribution in [0.25, 0.3) is 0 Å². The van der Waals surface area contributed by atoms with Gasteiger partial charge < -0.3 is 9.47 Å². The number of nitro groups is 1. The standard InChI is InChI=1S/C26H18BrClN6O7S/c1-32(26(37)40-18-7-3-2-4-8-18)42-33(25(36)31-23(35)19-9-5-6-10-21(19)34(38)39)17-11-12-22(20(28)13-17)41-24-29-14-16(27)15-30-24/h2-15H,1H3,(H,31,35,36). The van der Waals surface area contributed by atoms with Gasteiger partial charge >= 0.3 is 18.1 Å². The molecule has 13 nitrogen and oxygen atoms in total. The fraction of sp³-hybridized carbons (Fsp3) is 0.0385. The lowest BCUT2D eigenvalue weighted by atomic mass is 10.1. The lowest BCUT2D eigenvalue weighted by molar-refractivity contribution is -0.385. The van der Waals surface area contributed by atoms with Crippen LogP contribution in [-0.4, -0.2) is 44.3 Å². The number of nitrogens with one attached hydrogen (secondary N) is 1. The first-order valence-corrected chi connectivity index (χ1v) is 13.5. The number of anilines is 1. The maximum atomic E-state index is 13.4. The molecule has 16 heteroatoms. The molecule has 0 fully saturated rings. The summed E-state index contributed by atoms with van der Waals surface area (Å²) in [4.78, 5) is 57.7. The number of nitro benzene ring substituents is 1. The van der Waals surface area contributed by atoms with Gasteiger partial charge in [-0.15, -0.1) is 0 Å². The second-order valence-electron chi connectivity index (χ2n) is 7.99. The number of nitrogens with zero attached hydrogens (tertiary/aromatic N) is 5. The zero-order valence-electron chi connectivity index (χ0n) is 21.3. The Morgan fingerprint density at radius 1 is 1.02 bits per heavy atom. The molecule has 1 N–H and O–H groups in total. The van der Waals surface area contributed by atoms with Crippen LogP contribution in [0, 0.1) is 10.1 Å². The third-order valence-corrected chi connectivity index (χ3v) is 6.75. The molecule has 0 saturated heterocycles. The Morgan fingerprint density at radius 2 is 1.69 bits per heavy atom. The number of urea groups is 1. The molecule has 214 valence electrons. The Balaban J connectivity index is 1.60. The molecule has 4 rings (SSSR count). The molecule has 0 spiro atoms. The number of benzene rings is 3. The van der Waals surface area contributed by atoms with E-state index in [1.54, 1.807) is 30.3 Å². The number of imide groups is 1. The lowest BCUT2D eigenvalue weighted by Crippen LogP contribution is -2.42. The van der Waals surface area contributed by atoms with Gasteiger partial charge in [-0.05, 0) is 52.3 Å². The molecule has 1 heterocycles. The molecule has 3 aromatic carbocycles. The van der Waals surface area contributed by atoms with Gasteiger partial charge in [0.05, 0.1) is 32.2 Å². The summed E-state index contributed by atoms with van der Waals surface area (Å²) in [6.07, 6.45) is 2.12. The van der Waals surface area contributed by atoms with Crippen molar-refractivity contribution < 1.29 is 28.8 Å². The number of aromatic nitrogens is 2. The summed E-state index contributed by atoms with van der Waals surface area (Å²) in [5.74, 6) is -0.621. The maximum absolute atomic E-state index is 13.4. The Morgan fingerprint density at radius 3 is 2.36 bits per heavy atom. The van der Waals surface area contributed by atoms with Crippen molar-refractivity contribution in [3.05, 3.63) is 110 Å². The average molecular weight is 674 g/mol. The van der Waals surface area contributed by atoms with Crippen LogP contribution in [0.4, 0.5) is 21.0 Å². The van der Waals surface area contributed by atoms with E-state index >= 15 is 0 Å². The van der Waals surface area contributed by atoms with E-state index in [-0.39, 0.29) is 33.8 Å². The number of rotatable bonds is 8. The molecule has 0 unspecified atom stereocenters. The van der Waals surface area contributed by atoms with Crippen molar-refractivity contribution in [1.29, 1.82) is 0 Å². The van der Waals surface area contributed by atoms with E-state index in [2.05, 4.69) is 31.2 Å². The molecule has 42 heavy (non-hydrogen) atoms. The highest BCUT2D eigenvalue weighted by molar-refractivity contribution is 9.10. The van der Waals surface area contributed by atoms with Gasteiger partial charge in [0.15, 0.2) is 0 Å². The molecule has 1 aromatic heterocycles. The van der Waals surface area contributed by atoms with E-state index in [1.165, 1.54) is 55.8 Å². The average Bonchev–Trinajstić information content (AvgIpc) is 2.98. The Kier molecular flexibility index (Phi) is 9.90. The number of amides is 4. The fourth-order valence-corrected chi connectivity index (χ4v) is 4.30. The van der Waals surface area contributed by atoms with E-state index in [1.807, 2.05) is 0 Å². The summed E-state index contributed by atoms with van der Waals surface area (Å²) in [5, 5.41) is 13.5. The summed E-state index contributed by atoms with van der Waals surface area (Å²) in [6.45, 7) is 0. The third kappa shape index (κ3) is 7.72. The van der Waals surface area contributed by atoms with Crippen LogP contribution in [-0.2, 0) is 0 Å². The predicted octanol–water partition coefficient (Wildman–Crippen LogP) is 6.64. The molecule has 4 amide bonds. The molecule has 0 atom stereocenters. The van der Waals surface area contributed by atoms with Crippen molar-refractivity contribution in [2.75, 3.05) is 11.4 Å². The Bertz CT molecular complexity index is 1630. The monoisotopic (exact) mass is 672 g/mol. The van der Waals surface area contributed by atoms with Gasteiger partial charge in [0.1, 0.15) is 17.1 Å². The molecule has 0 aliphatic carbocycles. The summed E-state index contributed by atoms with van der Waals surface area (Å²) < 4.78 is 13.5. The van der Waals surface area contributed by atoms with E-state index in [0.717, 1.165) is 14.7 Å². The Labute approximate surface area is 256 Å². The van der Waals surface area contributed by atoms with Gasteiger partial charge in [0.2, 0.25) is 0 Å². The number of hydrogen-bond donors (Lipinski definition) is 1. The highest BCUT2D eigenvalue weighted by Crippen LogP contribution is 2.35. The van der Waals surface area contributed by atoms with E-state index < -0.39 is 28.6 Å². The van der Waals surface area contributed by atoms with Crippen LogP contribution < -0.4 is 19.1 Å². The van der Waals surface area contributed by atoms with Crippen LogP contribution in [0.1, 0.15) is 10.4 Å². The van der Waals surface area contributed by atoms with Crippen molar-refractivity contribution in [3.63, 3.8) is 0 Å². The Hall–Kier alpha value is -4.73. The highest BCUT2D eigenvalue weighted by atomic mass is 79.9. The second-order valence-corrected chi connectivity index (χ2v) is 10.4. The smallest absolute Gasteiger partial charge is 0.423 e. The topological polar surface area (TPSA) is 157 Å². The molecule has 4 aromatic rings. The largest absolute Gasteiger partial charge is 0.426 e. The second kappa shape index (κ2) is 13.8. The van der Waals surface area contributed by atoms with Crippen LogP contribution in [0.5, 0.6) is 17.5 Å². The van der Waals surface area contributed by atoms with Gasteiger partial charge in [0, 0.05) is 25.5 Å². The predicted molar refractivity (Wildman–Crippen MR) is 158 cm³/mol. The molecule has 0 radical (unpaired) electrons. The molecule has 0 bridgehead atoms. The SMILES string of the molecule is CN(SN(C(=O)NC(=O)c1ccccc1[N+](=O)[O-])c1ccc(Oc2ncc(Br)cn2)c(Cl)c1)C(=O)Oc1ccccc1. The first kappa shape index (κ1) is 30.2. The molecular weight excluding hydrogens is 656 g/mol. The molecule has 0 aliphatic rings. The van der Waals surface area contributed by atoms with Gasteiger partial charge in [0.25, 0.3) is 11.6 Å². The van der Waals surface area contributed by atoms with E-state index in [9.17, 15) is 24.5 Å². The quantitative estimate of drug-likeness (QED) is 0.122. The number of halogens is 2. The number of carbonyl (C=O) groups excluding carboxylic acids is 3. The highest BCUT2D eigenvalue weighted by Gasteiger charge is 2.28. The molecule has 0 saturated carbocycles. The van der Waals surface area contributed by atoms with Crippen molar-refractivity contribution in [3.8, 4) is 17.5 Å². The van der Waals surface area contributed by atoms with Crippen LogP contribution in [0.3, 0.4) is 0 Å². The van der Waals surface area contributed by atoms with E-state index in [4.69, 9.17) is 21.1 Å². The lowest BCUT2D eigenvalue weighted by Gasteiger charge is -2.25. The van der Waals surface area contributed by atoms with Crippen LogP contribution in [0.15, 0.2) is 89.7 Å². The zero-order valence-corrected chi connectivity index (χ0v) is 24.5. The maximum Gasteiger partial charge on any atom is 0.426 e.